The third-order valence-electron chi connectivity index (χ3n) is 1.55. The first-order valence-corrected chi connectivity index (χ1v) is 3.57. The van der Waals surface area contributed by atoms with E-state index in [2.05, 4.69) is 6.58 Å². The Labute approximate surface area is 70.8 Å². The van der Waals surface area contributed by atoms with Gasteiger partial charge in [-0.15, -0.1) is 6.58 Å². The highest BCUT2D eigenvalue weighted by Gasteiger charge is 2.00. The van der Waals surface area contributed by atoms with Crippen molar-refractivity contribution >= 4 is 0 Å². The minimum Gasteiger partial charge on any atom is -0.207 e. The van der Waals surface area contributed by atoms with Crippen LogP contribution < -0.4 is 0 Å². The zero-order valence-corrected chi connectivity index (χ0v) is 6.55. The normalized spacial score (nSPS) is 9.00. The molecule has 0 radical (unpaired) electrons. The van der Waals surface area contributed by atoms with Gasteiger partial charge in [0.25, 0.3) is 0 Å². The molecule has 1 aromatic carbocycles. The highest BCUT2D eigenvalue weighted by Crippen LogP contribution is 2.10. The van der Waals surface area contributed by atoms with Gasteiger partial charge in [-0.2, -0.15) is 5.26 Å². The minimum absolute atomic E-state index is 0.314. The summed E-state index contributed by atoms with van der Waals surface area (Å²) in [7, 11) is 0. The standard InChI is InChI=1S/C10H8FN/c1-2-3-8-6-10(11)5-4-9(8)7-12/h2,4-6H,1,3H2. The Morgan fingerprint density at radius 2 is 2.33 bits per heavy atom. The molecule has 0 unspecified atom stereocenters. The highest BCUT2D eigenvalue weighted by molar-refractivity contribution is 5.38. The maximum absolute atomic E-state index is 12.7. The SMILES string of the molecule is C=CCc1cc(F)ccc1C#N. The fourth-order valence-corrected chi connectivity index (χ4v) is 0.996. The molecule has 0 N–H and O–H groups in total. The molecule has 0 saturated carbocycles. The molecule has 0 fully saturated rings. The summed E-state index contributed by atoms with van der Waals surface area (Å²) in [6, 6.07) is 6.12. The summed E-state index contributed by atoms with van der Waals surface area (Å²) in [4.78, 5) is 0. The van der Waals surface area contributed by atoms with E-state index in [9.17, 15) is 4.39 Å². The fourth-order valence-electron chi connectivity index (χ4n) is 0.996. The van der Waals surface area contributed by atoms with Crippen LogP contribution in [0.4, 0.5) is 4.39 Å². The van der Waals surface area contributed by atoms with Gasteiger partial charge in [-0.3, -0.25) is 0 Å². The van der Waals surface area contributed by atoms with Crippen molar-refractivity contribution in [3.8, 4) is 6.07 Å². The summed E-state index contributed by atoms with van der Waals surface area (Å²) in [5.41, 5.74) is 1.20. The van der Waals surface area contributed by atoms with E-state index in [0.717, 1.165) is 0 Å². The Hall–Kier alpha value is -1.62. The first-order chi connectivity index (χ1) is 5.77. The lowest BCUT2D eigenvalue weighted by molar-refractivity contribution is 0.626. The molecular weight excluding hydrogens is 153 g/mol. The fraction of sp³-hybridized carbons (Fsp3) is 0.100. The predicted octanol–water partition coefficient (Wildman–Crippen LogP) is 2.43. The smallest absolute Gasteiger partial charge is 0.123 e. The maximum atomic E-state index is 12.7. The summed E-state index contributed by atoms with van der Waals surface area (Å²) in [6.07, 6.45) is 2.18. The summed E-state index contributed by atoms with van der Waals surface area (Å²) >= 11 is 0. The van der Waals surface area contributed by atoms with Crippen molar-refractivity contribution in [1.29, 1.82) is 5.26 Å². The molecule has 12 heavy (non-hydrogen) atoms. The average molecular weight is 161 g/mol. The topological polar surface area (TPSA) is 23.8 Å². The zero-order chi connectivity index (χ0) is 8.97. The summed E-state index contributed by atoms with van der Waals surface area (Å²) in [5, 5.41) is 8.63. The van der Waals surface area contributed by atoms with Crippen LogP contribution in [0.2, 0.25) is 0 Å². The Balaban J connectivity index is 3.14. The van der Waals surface area contributed by atoms with Gasteiger partial charge in [0.15, 0.2) is 0 Å². The van der Waals surface area contributed by atoms with Crippen LogP contribution in [0.3, 0.4) is 0 Å². The third-order valence-corrected chi connectivity index (χ3v) is 1.55. The van der Waals surface area contributed by atoms with Crippen LogP contribution in [0, 0.1) is 17.1 Å². The lowest BCUT2D eigenvalue weighted by atomic mass is 10.1. The molecule has 0 aromatic heterocycles. The van der Waals surface area contributed by atoms with E-state index in [1.54, 1.807) is 6.08 Å². The van der Waals surface area contributed by atoms with Crippen molar-refractivity contribution in [3.63, 3.8) is 0 Å². The van der Waals surface area contributed by atoms with Crippen molar-refractivity contribution in [2.45, 2.75) is 6.42 Å². The molecule has 0 bridgehead atoms. The number of halogens is 1. The number of nitrogens with zero attached hydrogens (tertiary/aromatic N) is 1. The molecule has 0 aliphatic carbocycles. The highest BCUT2D eigenvalue weighted by atomic mass is 19.1. The van der Waals surface area contributed by atoms with Crippen molar-refractivity contribution in [3.05, 3.63) is 47.8 Å². The molecular formula is C10H8FN. The molecule has 1 aromatic rings. The van der Waals surface area contributed by atoms with Gasteiger partial charge >= 0.3 is 0 Å². The largest absolute Gasteiger partial charge is 0.207 e. The van der Waals surface area contributed by atoms with E-state index < -0.39 is 0 Å². The molecule has 0 spiro atoms. The second-order valence-corrected chi connectivity index (χ2v) is 2.41. The number of nitriles is 1. The molecule has 1 rings (SSSR count). The monoisotopic (exact) mass is 161 g/mol. The number of hydrogen-bond acceptors (Lipinski definition) is 1. The van der Waals surface area contributed by atoms with Gasteiger partial charge in [0.2, 0.25) is 0 Å². The van der Waals surface area contributed by atoms with Gasteiger partial charge in [0.05, 0.1) is 11.6 Å². The van der Waals surface area contributed by atoms with Crippen LogP contribution in [0.15, 0.2) is 30.9 Å². The van der Waals surface area contributed by atoms with E-state index in [1.165, 1.54) is 18.2 Å². The van der Waals surface area contributed by atoms with Crippen molar-refractivity contribution in [2.24, 2.45) is 0 Å². The number of hydrogen-bond donors (Lipinski definition) is 0. The van der Waals surface area contributed by atoms with Crippen LogP contribution in [0.25, 0.3) is 0 Å². The van der Waals surface area contributed by atoms with Crippen molar-refractivity contribution in [2.75, 3.05) is 0 Å². The van der Waals surface area contributed by atoms with Crippen LogP contribution in [-0.2, 0) is 6.42 Å². The van der Waals surface area contributed by atoms with E-state index in [4.69, 9.17) is 5.26 Å². The molecule has 60 valence electrons. The number of benzene rings is 1. The predicted molar refractivity (Wildman–Crippen MR) is 45.0 cm³/mol. The van der Waals surface area contributed by atoms with Gasteiger partial charge in [0, 0.05) is 0 Å². The molecule has 0 atom stereocenters. The quantitative estimate of drug-likeness (QED) is 0.611. The second-order valence-electron chi connectivity index (χ2n) is 2.41. The van der Waals surface area contributed by atoms with Gasteiger partial charge in [0.1, 0.15) is 5.82 Å². The van der Waals surface area contributed by atoms with Gasteiger partial charge in [-0.25, -0.2) is 4.39 Å². The molecule has 0 heterocycles. The van der Waals surface area contributed by atoms with E-state index in [1.807, 2.05) is 6.07 Å². The van der Waals surface area contributed by atoms with Crippen LogP contribution >= 0.6 is 0 Å². The molecule has 2 heteroatoms. The van der Waals surface area contributed by atoms with Gasteiger partial charge < -0.3 is 0 Å². The third kappa shape index (κ3) is 1.70. The molecule has 0 amide bonds. The molecule has 0 saturated heterocycles. The zero-order valence-electron chi connectivity index (χ0n) is 6.55. The summed E-state index contributed by atoms with van der Waals surface area (Å²) in [6.45, 7) is 3.53. The summed E-state index contributed by atoms with van der Waals surface area (Å²) in [5.74, 6) is -0.314. The van der Waals surface area contributed by atoms with Gasteiger partial charge in [-0.05, 0) is 30.2 Å². The number of allylic oxidation sites excluding steroid dienone is 1. The lowest BCUT2D eigenvalue weighted by Gasteiger charge is -1.98. The van der Waals surface area contributed by atoms with Crippen LogP contribution in [-0.4, -0.2) is 0 Å². The minimum atomic E-state index is -0.314. The van der Waals surface area contributed by atoms with Crippen LogP contribution in [0.5, 0.6) is 0 Å². The van der Waals surface area contributed by atoms with E-state index in [-0.39, 0.29) is 5.82 Å². The van der Waals surface area contributed by atoms with Crippen molar-refractivity contribution < 1.29 is 4.39 Å². The molecule has 0 aliphatic rings. The Morgan fingerprint density at radius 3 is 2.92 bits per heavy atom. The number of rotatable bonds is 2. The van der Waals surface area contributed by atoms with E-state index in [0.29, 0.717) is 17.5 Å². The first-order valence-electron chi connectivity index (χ1n) is 3.57. The Kier molecular flexibility index (Phi) is 2.60. The maximum Gasteiger partial charge on any atom is 0.123 e. The average Bonchev–Trinajstić information content (AvgIpc) is 2.05. The summed E-state index contributed by atoms with van der Waals surface area (Å²) < 4.78 is 12.7. The second kappa shape index (κ2) is 3.68. The lowest BCUT2D eigenvalue weighted by Crippen LogP contribution is -1.88. The first kappa shape index (κ1) is 8.48. The van der Waals surface area contributed by atoms with E-state index >= 15 is 0 Å². The Bertz CT molecular complexity index is 336. The Morgan fingerprint density at radius 1 is 1.58 bits per heavy atom. The van der Waals surface area contributed by atoms with Crippen LogP contribution in [0.1, 0.15) is 11.1 Å². The molecule has 0 aliphatic heterocycles. The van der Waals surface area contributed by atoms with Gasteiger partial charge in [-0.1, -0.05) is 6.08 Å². The van der Waals surface area contributed by atoms with Crippen molar-refractivity contribution in [1.82, 2.24) is 0 Å². The molecule has 1 nitrogen and oxygen atoms in total.